The molecule has 0 saturated heterocycles. The zero-order valence-corrected chi connectivity index (χ0v) is 17.6. The summed E-state index contributed by atoms with van der Waals surface area (Å²) in [5, 5.41) is 0.642. The molecule has 5 heteroatoms. The molecule has 0 N–H and O–H groups in total. The fourth-order valence-corrected chi connectivity index (χ4v) is 3.77. The standard InChI is InChI=1S/C25H23ClN2O2/c1-3-13-27(17-20-6-4-5-7-21(20)26)25(29)23-15-24-22(12-14-30-24)28(23)16-19-10-8-18(2)9-11-19/h3-12,14-15H,1,13,16-17H2,2H3. The van der Waals surface area contributed by atoms with Crippen LogP contribution in [0.5, 0.6) is 0 Å². The maximum Gasteiger partial charge on any atom is 0.271 e. The summed E-state index contributed by atoms with van der Waals surface area (Å²) in [6, 6.07) is 19.6. The lowest BCUT2D eigenvalue weighted by atomic mass is 10.1. The fourth-order valence-electron chi connectivity index (χ4n) is 3.57. The Bertz CT molecular complexity index is 1190. The Balaban J connectivity index is 1.70. The number of nitrogens with zero attached hydrogens (tertiary/aromatic N) is 2. The number of fused-ring (bicyclic) bond motifs is 1. The Morgan fingerprint density at radius 2 is 1.93 bits per heavy atom. The van der Waals surface area contributed by atoms with Crippen molar-refractivity contribution in [1.82, 2.24) is 9.47 Å². The number of carbonyl (C=O) groups is 1. The quantitative estimate of drug-likeness (QED) is 0.341. The molecule has 2 aromatic heterocycles. The molecule has 0 fully saturated rings. The van der Waals surface area contributed by atoms with Crippen LogP contribution in [0.1, 0.15) is 27.2 Å². The average molecular weight is 419 g/mol. The van der Waals surface area contributed by atoms with Crippen molar-refractivity contribution in [3.8, 4) is 0 Å². The van der Waals surface area contributed by atoms with Gasteiger partial charge in [0.2, 0.25) is 0 Å². The molecule has 1 amide bonds. The molecule has 0 aliphatic rings. The SMILES string of the molecule is C=CCN(Cc1ccccc1Cl)C(=O)c1cc2occc2n1Cc1ccc(C)cc1. The molecule has 0 aliphatic heterocycles. The Morgan fingerprint density at radius 1 is 1.17 bits per heavy atom. The summed E-state index contributed by atoms with van der Waals surface area (Å²) < 4.78 is 7.60. The summed E-state index contributed by atoms with van der Waals surface area (Å²) in [6.45, 7) is 7.28. The maximum atomic E-state index is 13.6. The van der Waals surface area contributed by atoms with Gasteiger partial charge in [-0.15, -0.1) is 6.58 Å². The van der Waals surface area contributed by atoms with Crippen LogP contribution >= 0.6 is 11.6 Å². The van der Waals surface area contributed by atoms with Gasteiger partial charge in [0.1, 0.15) is 5.69 Å². The number of amides is 1. The number of benzene rings is 2. The molecule has 4 aromatic rings. The Kier molecular flexibility index (Phi) is 5.77. The first-order chi connectivity index (χ1) is 14.6. The molecule has 2 aromatic carbocycles. The third-order valence-corrected chi connectivity index (χ3v) is 5.53. The van der Waals surface area contributed by atoms with Gasteiger partial charge in [0, 0.05) is 36.8 Å². The van der Waals surface area contributed by atoms with Crippen LogP contribution < -0.4 is 0 Å². The molecule has 4 nitrogen and oxygen atoms in total. The molecular formula is C25H23ClN2O2. The van der Waals surface area contributed by atoms with Crippen molar-refractivity contribution >= 4 is 28.6 Å². The van der Waals surface area contributed by atoms with Crippen LogP contribution in [0.25, 0.3) is 11.1 Å². The lowest BCUT2D eigenvalue weighted by Gasteiger charge is -2.23. The maximum absolute atomic E-state index is 13.6. The van der Waals surface area contributed by atoms with Gasteiger partial charge in [-0.25, -0.2) is 0 Å². The van der Waals surface area contributed by atoms with Crippen LogP contribution in [0.4, 0.5) is 0 Å². The number of furan rings is 1. The fraction of sp³-hybridized carbons (Fsp3) is 0.160. The minimum absolute atomic E-state index is 0.0895. The first kappa shape index (κ1) is 20.0. The zero-order valence-electron chi connectivity index (χ0n) is 16.8. The first-order valence-corrected chi connectivity index (χ1v) is 10.2. The van der Waals surface area contributed by atoms with Crippen molar-refractivity contribution in [3.05, 3.63) is 107 Å². The van der Waals surface area contributed by atoms with Gasteiger partial charge < -0.3 is 13.9 Å². The molecular weight excluding hydrogens is 396 g/mol. The van der Waals surface area contributed by atoms with E-state index in [4.69, 9.17) is 16.0 Å². The third kappa shape index (κ3) is 4.05. The second-order valence-electron chi connectivity index (χ2n) is 7.34. The van der Waals surface area contributed by atoms with Gasteiger partial charge in [-0.05, 0) is 24.1 Å². The normalized spacial score (nSPS) is 11.0. The van der Waals surface area contributed by atoms with Gasteiger partial charge in [0.05, 0.1) is 11.8 Å². The molecule has 0 bridgehead atoms. The summed E-state index contributed by atoms with van der Waals surface area (Å²) in [5.74, 6) is -0.0895. The molecule has 0 saturated carbocycles. The molecule has 30 heavy (non-hydrogen) atoms. The van der Waals surface area contributed by atoms with Crippen LogP contribution in [-0.4, -0.2) is 21.9 Å². The molecule has 152 valence electrons. The van der Waals surface area contributed by atoms with Crippen molar-refractivity contribution in [2.75, 3.05) is 6.54 Å². The largest absolute Gasteiger partial charge is 0.463 e. The van der Waals surface area contributed by atoms with Crippen molar-refractivity contribution in [3.63, 3.8) is 0 Å². The minimum atomic E-state index is -0.0895. The van der Waals surface area contributed by atoms with Gasteiger partial charge >= 0.3 is 0 Å². The van der Waals surface area contributed by atoms with Crippen LogP contribution in [0, 0.1) is 6.92 Å². The number of aromatic nitrogens is 1. The van der Waals surface area contributed by atoms with E-state index in [2.05, 4.69) is 37.8 Å². The molecule has 0 unspecified atom stereocenters. The van der Waals surface area contributed by atoms with Crippen LogP contribution in [0.2, 0.25) is 5.02 Å². The molecule has 0 aliphatic carbocycles. The lowest BCUT2D eigenvalue weighted by Crippen LogP contribution is -2.32. The Labute approximate surface area is 181 Å². The summed E-state index contributed by atoms with van der Waals surface area (Å²) >= 11 is 6.33. The van der Waals surface area contributed by atoms with Gasteiger partial charge in [-0.3, -0.25) is 4.79 Å². The van der Waals surface area contributed by atoms with E-state index in [1.165, 1.54) is 5.56 Å². The summed E-state index contributed by atoms with van der Waals surface area (Å²) in [4.78, 5) is 15.3. The number of aryl methyl sites for hydroxylation is 1. The van der Waals surface area contributed by atoms with E-state index >= 15 is 0 Å². The number of carbonyl (C=O) groups excluding carboxylic acids is 1. The van der Waals surface area contributed by atoms with E-state index in [0.717, 1.165) is 16.6 Å². The second-order valence-corrected chi connectivity index (χ2v) is 7.74. The Morgan fingerprint density at radius 3 is 2.67 bits per heavy atom. The van der Waals surface area contributed by atoms with E-state index in [0.29, 0.717) is 35.9 Å². The van der Waals surface area contributed by atoms with Gasteiger partial charge in [0.25, 0.3) is 5.91 Å². The summed E-state index contributed by atoms with van der Waals surface area (Å²) in [6.07, 6.45) is 3.38. The zero-order chi connectivity index (χ0) is 21.1. The highest BCUT2D eigenvalue weighted by molar-refractivity contribution is 6.31. The molecule has 0 atom stereocenters. The molecule has 4 rings (SSSR count). The van der Waals surface area contributed by atoms with Crippen molar-refractivity contribution < 1.29 is 9.21 Å². The van der Waals surface area contributed by atoms with Crippen LogP contribution in [-0.2, 0) is 13.1 Å². The number of hydrogen-bond donors (Lipinski definition) is 0. The van der Waals surface area contributed by atoms with Crippen molar-refractivity contribution in [1.29, 1.82) is 0 Å². The van der Waals surface area contributed by atoms with Crippen molar-refractivity contribution in [2.24, 2.45) is 0 Å². The average Bonchev–Trinajstić information content (AvgIpc) is 3.33. The predicted molar refractivity (Wildman–Crippen MR) is 121 cm³/mol. The monoisotopic (exact) mass is 418 g/mol. The van der Waals surface area contributed by atoms with Gasteiger partial charge in [-0.1, -0.05) is 65.7 Å². The van der Waals surface area contributed by atoms with E-state index < -0.39 is 0 Å². The highest BCUT2D eigenvalue weighted by Gasteiger charge is 2.23. The number of rotatable bonds is 7. The lowest BCUT2D eigenvalue weighted by molar-refractivity contribution is 0.0753. The van der Waals surface area contributed by atoms with Crippen molar-refractivity contribution in [2.45, 2.75) is 20.0 Å². The molecule has 0 radical (unpaired) electrons. The summed E-state index contributed by atoms with van der Waals surface area (Å²) in [7, 11) is 0. The van der Waals surface area contributed by atoms with Crippen LogP contribution in [0.3, 0.4) is 0 Å². The molecule has 0 spiro atoms. The first-order valence-electron chi connectivity index (χ1n) is 9.82. The van der Waals surface area contributed by atoms with Crippen LogP contribution in [0.15, 0.2) is 84.0 Å². The second kappa shape index (κ2) is 8.64. The minimum Gasteiger partial charge on any atom is -0.463 e. The van der Waals surface area contributed by atoms with E-state index in [-0.39, 0.29) is 5.91 Å². The topological polar surface area (TPSA) is 38.4 Å². The highest BCUT2D eigenvalue weighted by atomic mass is 35.5. The van der Waals surface area contributed by atoms with E-state index in [1.807, 2.05) is 41.0 Å². The van der Waals surface area contributed by atoms with Gasteiger partial charge in [-0.2, -0.15) is 0 Å². The third-order valence-electron chi connectivity index (χ3n) is 5.16. The van der Waals surface area contributed by atoms with E-state index in [1.54, 1.807) is 17.2 Å². The number of halogens is 1. The van der Waals surface area contributed by atoms with E-state index in [9.17, 15) is 4.79 Å². The predicted octanol–water partition coefficient (Wildman–Crippen LogP) is 6.07. The molecule has 2 heterocycles. The Hall–Kier alpha value is -3.24. The van der Waals surface area contributed by atoms with Gasteiger partial charge in [0.15, 0.2) is 5.58 Å². The summed E-state index contributed by atoms with van der Waals surface area (Å²) in [5.41, 5.74) is 5.40. The smallest absolute Gasteiger partial charge is 0.271 e. The highest BCUT2D eigenvalue weighted by Crippen LogP contribution is 2.25. The number of hydrogen-bond acceptors (Lipinski definition) is 2.